The SMILES string of the molecule is CCCN(CCC)c1ccc(C)c(N=C=Nc2cc(N(CCC)CCC)ccc2C)c1.CCOS(=O)(=O)c1ccc(C)cc1. The number of nitrogens with zero attached hydrogens (tertiary/aromatic N) is 4. The molecule has 0 aliphatic heterocycles. The third-order valence-corrected chi connectivity index (χ3v) is 8.41. The zero-order valence-corrected chi connectivity index (χ0v) is 28.9. The minimum absolute atomic E-state index is 0.163. The van der Waals surface area contributed by atoms with Crippen LogP contribution in [0.1, 0.15) is 77.0 Å². The first-order valence-corrected chi connectivity index (χ1v) is 17.3. The van der Waals surface area contributed by atoms with Gasteiger partial charge in [-0.25, -0.2) is 0 Å². The average Bonchev–Trinajstić information content (AvgIpc) is 2.99. The highest BCUT2D eigenvalue weighted by atomic mass is 32.2. The largest absolute Gasteiger partial charge is 0.371 e. The van der Waals surface area contributed by atoms with E-state index in [2.05, 4.69) is 108 Å². The van der Waals surface area contributed by atoms with Gasteiger partial charge in [-0.2, -0.15) is 18.4 Å². The number of aryl methyl sites for hydroxylation is 3. The number of rotatable bonds is 15. The van der Waals surface area contributed by atoms with Crippen molar-refractivity contribution in [3.8, 4) is 0 Å². The Labute approximate surface area is 266 Å². The lowest BCUT2D eigenvalue weighted by Crippen LogP contribution is -2.24. The predicted molar refractivity (Wildman–Crippen MR) is 187 cm³/mol. The summed E-state index contributed by atoms with van der Waals surface area (Å²) in [6, 6.07) is 22.5. The zero-order chi connectivity index (χ0) is 32.5. The Morgan fingerprint density at radius 2 is 1.05 bits per heavy atom. The Bertz CT molecular complexity index is 1380. The first-order valence-electron chi connectivity index (χ1n) is 15.9. The van der Waals surface area contributed by atoms with Gasteiger partial charge in [0.15, 0.2) is 0 Å². The lowest BCUT2D eigenvalue weighted by atomic mass is 10.1. The van der Waals surface area contributed by atoms with Gasteiger partial charge in [0.2, 0.25) is 0 Å². The van der Waals surface area contributed by atoms with Crippen molar-refractivity contribution in [2.24, 2.45) is 9.98 Å². The standard InChI is InChI=1S/C27H40N4.C9H12O3S/c1-7-15-30(16-8-2)24-13-11-22(5)26(19-24)28-21-29-27-20-25(14-12-23(27)6)31(17-9-3)18-10-4;1-3-12-13(10,11)9-6-4-8(2)5-7-9/h11-14,19-20H,7-10,15-18H2,1-6H3;4-7H,3H2,1-2H3. The van der Waals surface area contributed by atoms with Gasteiger partial charge in [0.1, 0.15) is 6.01 Å². The second-order valence-electron chi connectivity index (χ2n) is 10.9. The Hall–Kier alpha value is -3.45. The highest BCUT2D eigenvalue weighted by molar-refractivity contribution is 7.86. The second kappa shape index (κ2) is 19.0. The van der Waals surface area contributed by atoms with Gasteiger partial charge < -0.3 is 9.80 Å². The predicted octanol–water partition coefficient (Wildman–Crippen LogP) is 9.41. The van der Waals surface area contributed by atoms with Crippen LogP contribution in [0.15, 0.2) is 75.5 Å². The molecule has 0 aromatic heterocycles. The second-order valence-corrected chi connectivity index (χ2v) is 12.5. The molecule has 0 amide bonds. The zero-order valence-electron chi connectivity index (χ0n) is 28.1. The minimum atomic E-state index is -3.53. The molecular formula is C36H52N4O3S. The van der Waals surface area contributed by atoms with Crippen molar-refractivity contribution in [2.45, 2.75) is 86.0 Å². The molecule has 3 aromatic carbocycles. The Morgan fingerprint density at radius 1 is 0.636 bits per heavy atom. The van der Waals surface area contributed by atoms with E-state index >= 15 is 0 Å². The smallest absolute Gasteiger partial charge is 0.296 e. The van der Waals surface area contributed by atoms with E-state index in [1.165, 1.54) is 11.4 Å². The van der Waals surface area contributed by atoms with Crippen LogP contribution in [0, 0.1) is 20.8 Å². The Balaban J connectivity index is 0.000000432. The summed E-state index contributed by atoms with van der Waals surface area (Å²) in [5.41, 5.74) is 7.63. The van der Waals surface area contributed by atoms with Gasteiger partial charge in [0, 0.05) is 37.6 Å². The molecule has 0 atom stereocenters. The first kappa shape index (κ1) is 36.7. The summed E-state index contributed by atoms with van der Waals surface area (Å²) in [5.74, 6) is 0. The molecule has 0 aliphatic carbocycles. The van der Waals surface area contributed by atoms with E-state index < -0.39 is 10.1 Å². The molecule has 8 heteroatoms. The van der Waals surface area contributed by atoms with E-state index in [0.29, 0.717) is 0 Å². The van der Waals surface area contributed by atoms with Gasteiger partial charge in [-0.15, -0.1) is 0 Å². The Kier molecular flexibility index (Phi) is 15.9. The summed E-state index contributed by atoms with van der Waals surface area (Å²) in [7, 11) is -3.53. The molecule has 0 N–H and O–H groups in total. The Morgan fingerprint density at radius 3 is 1.41 bits per heavy atom. The van der Waals surface area contributed by atoms with Gasteiger partial charge in [0.05, 0.1) is 22.9 Å². The third kappa shape index (κ3) is 11.6. The van der Waals surface area contributed by atoms with Gasteiger partial charge in [0.25, 0.3) is 10.1 Å². The van der Waals surface area contributed by atoms with E-state index in [0.717, 1.165) is 79.9 Å². The summed E-state index contributed by atoms with van der Waals surface area (Å²) >= 11 is 0. The summed E-state index contributed by atoms with van der Waals surface area (Å²) in [4.78, 5) is 14.3. The molecule has 7 nitrogen and oxygen atoms in total. The molecule has 240 valence electrons. The summed E-state index contributed by atoms with van der Waals surface area (Å²) < 4.78 is 27.3. The molecule has 0 radical (unpaired) electrons. The topological polar surface area (TPSA) is 74.6 Å². The quantitative estimate of drug-likeness (QED) is 0.125. The van der Waals surface area contributed by atoms with Crippen LogP contribution in [0.4, 0.5) is 22.7 Å². The molecule has 0 heterocycles. The number of hydrogen-bond acceptors (Lipinski definition) is 7. The van der Waals surface area contributed by atoms with Crippen molar-refractivity contribution in [1.82, 2.24) is 0 Å². The summed E-state index contributed by atoms with van der Waals surface area (Å²) in [6.45, 7) is 21.0. The van der Waals surface area contributed by atoms with Crippen LogP contribution in [-0.4, -0.2) is 47.2 Å². The normalized spacial score (nSPS) is 10.8. The van der Waals surface area contributed by atoms with Crippen molar-refractivity contribution in [3.63, 3.8) is 0 Å². The molecule has 0 fully saturated rings. The molecule has 44 heavy (non-hydrogen) atoms. The summed E-state index contributed by atoms with van der Waals surface area (Å²) in [6.07, 6.45) is 4.54. The lowest BCUT2D eigenvalue weighted by Gasteiger charge is -2.24. The molecule has 0 unspecified atom stereocenters. The number of benzene rings is 3. The van der Waals surface area contributed by atoms with Crippen LogP contribution in [0.2, 0.25) is 0 Å². The maximum Gasteiger partial charge on any atom is 0.296 e. The van der Waals surface area contributed by atoms with Crippen LogP contribution in [-0.2, 0) is 14.3 Å². The van der Waals surface area contributed by atoms with Crippen LogP contribution in [0.3, 0.4) is 0 Å². The van der Waals surface area contributed by atoms with Gasteiger partial charge in [-0.3, -0.25) is 4.18 Å². The molecule has 0 aliphatic rings. The van der Waals surface area contributed by atoms with Crippen molar-refractivity contribution in [3.05, 3.63) is 77.4 Å². The van der Waals surface area contributed by atoms with Crippen LogP contribution >= 0.6 is 0 Å². The fraction of sp³-hybridized carbons (Fsp3) is 0.472. The van der Waals surface area contributed by atoms with E-state index in [4.69, 9.17) is 0 Å². The van der Waals surface area contributed by atoms with Crippen molar-refractivity contribution < 1.29 is 12.6 Å². The monoisotopic (exact) mass is 620 g/mol. The molecule has 3 aromatic rings. The molecule has 3 rings (SSSR count). The number of aliphatic imine (C=N–C) groups is 2. The van der Waals surface area contributed by atoms with E-state index in [-0.39, 0.29) is 11.5 Å². The van der Waals surface area contributed by atoms with Crippen molar-refractivity contribution >= 4 is 38.9 Å². The van der Waals surface area contributed by atoms with Crippen LogP contribution < -0.4 is 9.80 Å². The first-order chi connectivity index (χ1) is 21.1. The fourth-order valence-electron chi connectivity index (χ4n) is 4.71. The lowest BCUT2D eigenvalue weighted by molar-refractivity contribution is 0.338. The van der Waals surface area contributed by atoms with Crippen molar-refractivity contribution in [2.75, 3.05) is 42.6 Å². The van der Waals surface area contributed by atoms with E-state index in [1.54, 1.807) is 31.2 Å². The fourth-order valence-corrected chi connectivity index (χ4v) is 5.63. The molecule has 0 saturated carbocycles. The van der Waals surface area contributed by atoms with E-state index in [1.807, 2.05) is 6.92 Å². The highest BCUT2D eigenvalue weighted by Gasteiger charge is 2.13. The van der Waals surface area contributed by atoms with Crippen molar-refractivity contribution in [1.29, 1.82) is 0 Å². The summed E-state index contributed by atoms with van der Waals surface area (Å²) in [5, 5.41) is 0. The maximum atomic E-state index is 11.3. The number of anilines is 2. The molecule has 0 bridgehead atoms. The van der Waals surface area contributed by atoms with Gasteiger partial charge in [-0.1, -0.05) is 57.5 Å². The van der Waals surface area contributed by atoms with E-state index in [9.17, 15) is 8.42 Å². The van der Waals surface area contributed by atoms with Crippen LogP contribution in [0.5, 0.6) is 0 Å². The average molecular weight is 621 g/mol. The third-order valence-electron chi connectivity index (χ3n) is 7.01. The molecule has 0 saturated heterocycles. The van der Waals surface area contributed by atoms with Crippen LogP contribution in [0.25, 0.3) is 0 Å². The number of hydrogen-bond donors (Lipinski definition) is 0. The highest BCUT2D eigenvalue weighted by Crippen LogP contribution is 2.28. The minimum Gasteiger partial charge on any atom is -0.371 e. The molecule has 0 spiro atoms. The van der Waals surface area contributed by atoms with Gasteiger partial charge in [-0.05, 0) is 101 Å². The van der Waals surface area contributed by atoms with Gasteiger partial charge >= 0.3 is 0 Å². The molecular weight excluding hydrogens is 568 g/mol. The maximum absolute atomic E-state index is 11.3.